The van der Waals surface area contributed by atoms with E-state index in [4.69, 9.17) is 10.7 Å². The predicted molar refractivity (Wildman–Crippen MR) is 59.7 cm³/mol. The Morgan fingerprint density at radius 3 is 2.93 bits per heavy atom. The molecule has 1 aliphatic heterocycles. The number of aromatic nitrogens is 2. The van der Waals surface area contributed by atoms with E-state index < -0.39 is 0 Å². The Labute approximate surface area is 90.7 Å². The molecule has 1 aromatic rings. The molecule has 1 fully saturated rings. The number of rotatable bonds is 2. The number of nitrogens with two attached hydrogens (primary N) is 1. The molecule has 0 bridgehead atoms. The van der Waals surface area contributed by atoms with Crippen molar-refractivity contribution in [3.8, 4) is 0 Å². The van der Waals surface area contributed by atoms with Gasteiger partial charge in [-0.05, 0) is 32.1 Å². The maximum Gasteiger partial charge on any atom is 0.109 e. The molecule has 0 saturated heterocycles. The number of hydrogen-bond acceptors (Lipinski definition) is 2. The summed E-state index contributed by atoms with van der Waals surface area (Å²) in [6.45, 7) is 3.23. The summed E-state index contributed by atoms with van der Waals surface area (Å²) in [4.78, 5) is 4.75. The molecule has 2 unspecified atom stereocenters. The maximum absolute atomic E-state index is 5.97. The lowest BCUT2D eigenvalue weighted by Gasteiger charge is -2.25. The van der Waals surface area contributed by atoms with Gasteiger partial charge in [-0.15, -0.1) is 0 Å². The number of aryl methyl sites for hydroxylation is 1. The SMILES string of the molecule is CC(N)C1CCn2cc(C3CC3)nc2C1. The minimum atomic E-state index is 0.305. The van der Waals surface area contributed by atoms with Crippen molar-refractivity contribution in [2.75, 3.05) is 0 Å². The number of imidazole rings is 1. The number of nitrogens with zero attached hydrogens (tertiary/aromatic N) is 2. The highest BCUT2D eigenvalue weighted by atomic mass is 15.1. The second kappa shape index (κ2) is 3.34. The van der Waals surface area contributed by atoms with E-state index in [1.165, 1.54) is 30.8 Å². The van der Waals surface area contributed by atoms with Gasteiger partial charge in [0.25, 0.3) is 0 Å². The average Bonchev–Trinajstić information content (AvgIpc) is 2.97. The third kappa shape index (κ3) is 1.69. The van der Waals surface area contributed by atoms with Crippen molar-refractivity contribution in [3.63, 3.8) is 0 Å². The van der Waals surface area contributed by atoms with Crippen LogP contribution in [0.25, 0.3) is 0 Å². The molecule has 3 heteroatoms. The molecule has 0 amide bonds. The van der Waals surface area contributed by atoms with Crippen molar-refractivity contribution in [2.45, 2.75) is 51.1 Å². The van der Waals surface area contributed by atoms with Crippen LogP contribution in [-0.4, -0.2) is 15.6 Å². The van der Waals surface area contributed by atoms with Crippen LogP contribution in [0.3, 0.4) is 0 Å². The standard InChI is InChI=1S/C12H19N3/c1-8(13)10-4-5-15-7-11(9-2-3-9)14-12(15)6-10/h7-10H,2-6,13H2,1H3. The van der Waals surface area contributed by atoms with Gasteiger partial charge in [0.15, 0.2) is 0 Å². The number of fused-ring (bicyclic) bond motifs is 1. The minimum absolute atomic E-state index is 0.305. The quantitative estimate of drug-likeness (QED) is 0.798. The lowest BCUT2D eigenvalue weighted by molar-refractivity contribution is 0.337. The zero-order valence-electron chi connectivity index (χ0n) is 9.32. The zero-order valence-corrected chi connectivity index (χ0v) is 9.32. The van der Waals surface area contributed by atoms with Crippen molar-refractivity contribution in [3.05, 3.63) is 17.7 Å². The molecule has 2 heterocycles. The van der Waals surface area contributed by atoms with Crippen molar-refractivity contribution >= 4 is 0 Å². The summed E-state index contributed by atoms with van der Waals surface area (Å²) in [7, 11) is 0. The van der Waals surface area contributed by atoms with Gasteiger partial charge in [-0.3, -0.25) is 0 Å². The Kier molecular flexibility index (Phi) is 2.09. The molecule has 15 heavy (non-hydrogen) atoms. The van der Waals surface area contributed by atoms with E-state index >= 15 is 0 Å². The molecule has 1 aromatic heterocycles. The van der Waals surface area contributed by atoms with E-state index in [1.54, 1.807) is 0 Å². The fraction of sp³-hybridized carbons (Fsp3) is 0.750. The third-order valence-electron chi connectivity index (χ3n) is 3.80. The Bertz CT molecular complexity index is 363. The second-order valence-corrected chi connectivity index (χ2v) is 5.16. The summed E-state index contributed by atoms with van der Waals surface area (Å²) in [6.07, 6.45) is 7.24. The lowest BCUT2D eigenvalue weighted by atomic mass is 9.92. The molecule has 82 valence electrons. The minimum Gasteiger partial charge on any atom is -0.335 e. The molecule has 3 rings (SSSR count). The molecular formula is C12H19N3. The first-order valence-electron chi connectivity index (χ1n) is 6.05. The maximum atomic E-state index is 5.97. The zero-order chi connectivity index (χ0) is 10.4. The van der Waals surface area contributed by atoms with E-state index in [1.807, 2.05) is 0 Å². The van der Waals surface area contributed by atoms with Gasteiger partial charge in [0.05, 0.1) is 5.69 Å². The van der Waals surface area contributed by atoms with E-state index in [0.29, 0.717) is 12.0 Å². The van der Waals surface area contributed by atoms with E-state index in [9.17, 15) is 0 Å². The molecule has 0 aromatic carbocycles. The highest BCUT2D eigenvalue weighted by Crippen LogP contribution is 2.40. The van der Waals surface area contributed by atoms with Crippen LogP contribution in [0, 0.1) is 5.92 Å². The fourth-order valence-corrected chi connectivity index (χ4v) is 2.50. The molecule has 1 aliphatic carbocycles. The van der Waals surface area contributed by atoms with Crippen LogP contribution in [0.2, 0.25) is 0 Å². The number of hydrogen-bond donors (Lipinski definition) is 1. The normalized spacial score (nSPS) is 27.5. The van der Waals surface area contributed by atoms with Crippen LogP contribution in [0.1, 0.15) is 43.6 Å². The van der Waals surface area contributed by atoms with Crippen LogP contribution in [0.15, 0.2) is 6.20 Å². The van der Waals surface area contributed by atoms with Crippen molar-refractivity contribution in [2.24, 2.45) is 11.7 Å². The lowest BCUT2D eigenvalue weighted by Crippen LogP contribution is -2.33. The van der Waals surface area contributed by atoms with Crippen LogP contribution >= 0.6 is 0 Å². The van der Waals surface area contributed by atoms with E-state index in [2.05, 4.69) is 17.7 Å². The Hall–Kier alpha value is -0.830. The summed E-state index contributed by atoms with van der Waals surface area (Å²) in [6, 6.07) is 0.305. The third-order valence-corrected chi connectivity index (χ3v) is 3.80. The van der Waals surface area contributed by atoms with Gasteiger partial charge in [-0.2, -0.15) is 0 Å². The first kappa shape index (κ1) is 9.40. The van der Waals surface area contributed by atoms with Gasteiger partial charge in [-0.25, -0.2) is 4.98 Å². The monoisotopic (exact) mass is 205 g/mol. The van der Waals surface area contributed by atoms with Crippen molar-refractivity contribution < 1.29 is 0 Å². The summed E-state index contributed by atoms with van der Waals surface area (Å²) in [5.41, 5.74) is 7.30. The Balaban J connectivity index is 1.82. The predicted octanol–water partition coefficient (Wildman–Crippen LogP) is 1.67. The second-order valence-electron chi connectivity index (χ2n) is 5.16. The average molecular weight is 205 g/mol. The van der Waals surface area contributed by atoms with Crippen molar-refractivity contribution in [1.82, 2.24) is 9.55 Å². The van der Waals surface area contributed by atoms with Crippen LogP contribution < -0.4 is 5.73 Å². The summed E-state index contributed by atoms with van der Waals surface area (Å²) < 4.78 is 2.34. The molecule has 2 atom stereocenters. The van der Waals surface area contributed by atoms with Gasteiger partial charge >= 0.3 is 0 Å². The fourth-order valence-electron chi connectivity index (χ4n) is 2.50. The Morgan fingerprint density at radius 1 is 1.47 bits per heavy atom. The van der Waals surface area contributed by atoms with Gasteiger partial charge in [0.1, 0.15) is 5.82 Å². The largest absolute Gasteiger partial charge is 0.335 e. The molecule has 2 N–H and O–H groups in total. The van der Waals surface area contributed by atoms with Gasteiger partial charge < -0.3 is 10.3 Å². The smallest absolute Gasteiger partial charge is 0.109 e. The summed E-state index contributed by atoms with van der Waals surface area (Å²) >= 11 is 0. The molecule has 0 spiro atoms. The summed E-state index contributed by atoms with van der Waals surface area (Å²) in [5.74, 6) is 2.68. The molecule has 3 nitrogen and oxygen atoms in total. The first-order chi connectivity index (χ1) is 7.24. The summed E-state index contributed by atoms with van der Waals surface area (Å²) in [5, 5.41) is 0. The van der Waals surface area contributed by atoms with Crippen LogP contribution in [-0.2, 0) is 13.0 Å². The highest BCUT2D eigenvalue weighted by molar-refractivity contribution is 5.16. The molecular weight excluding hydrogens is 186 g/mol. The Morgan fingerprint density at radius 2 is 2.27 bits per heavy atom. The van der Waals surface area contributed by atoms with Gasteiger partial charge in [0.2, 0.25) is 0 Å². The van der Waals surface area contributed by atoms with Crippen LogP contribution in [0.4, 0.5) is 0 Å². The van der Waals surface area contributed by atoms with Gasteiger partial charge in [0, 0.05) is 31.1 Å². The van der Waals surface area contributed by atoms with Gasteiger partial charge in [-0.1, -0.05) is 0 Å². The van der Waals surface area contributed by atoms with Crippen LogP contribution in [0.5, 0.6) is 0 Å². The van der Waals surface area contributed by atoms with E-state index in [0.717, 1.165) is 18.9 Å². The molecule has 1 saturated carbocycles. The van der Waals surface area contributed by atoms with E-state index in [-0.39, 0.29) is 0 Å². The first-order valence-corrected chi connectivity index (χ1v) is 6.05. The molecule has 2 aliphatic rings. The van der Waals surface area contributed by atoms with Crippen molar-refractivity contribution in [1.29, 1.82) is 0 Å². The highest BCUT2D eigenvalue weighted by Gasteiger charge is 2.29. The molecule has 0 radical (unpaired) electrons. The topological polar surface area (TPSA) is 43.8 Å².